The largest absolute Gasteiger partial charge is 0.468 e. The lowest BCUT2D eigenvalue weighted by Gasteiger charge is -2.45. The molecule has 0 spiro atoms. The summed E-state index contributed by atoms with van der Waals surface area (Å²) in [6.45, 7) is 3.22. The third-order valence-corrected chi connectivity index (χ3v) is 4.96. The SMILES string of the molecule is O=C(N[C@@H]1CN(Cc2ccco2)C[C@@H]2CCCO[C@@H]21)c1ccnnc1. The molecule has 2 fully saturated rings. The fourth-order valence-corrected chi connectivity index (χ4v) is 3.85. The van der Waals surface area contributed by atoms with Gasteiger partial charge in [0.15, 0.2) is 0 Å². The van der Waals surface area contributed by atoms with Crippen LogP contribution >= 0.6 is 0 Å². The molecule has 4 heterocycles. The lowest BCUT2D eigenvalue weighted by molar-refractivity contribution is -0.0855. The van der Waals surface area contributed by atoms with Gasteiger partial charge in [0.05, 0.1) is 42.9 Å². The monoisotopic (exact) mass is 342 g/mol. The van der Waals surface area contributed by atoms with E-state index < -0.39 is 0 Å². The van der Waals surface area contributed by atoms with Gasteiger partial charge in [-0.1, -0.05) is 0 Å². The van der Waals surface area contributed by atoms with Crippen molar-refractivity contribution in [2.45, 2.75) is 31.5 Å². The third-order valence-electron chi connectivity index (χ3n) is 4.96. The van der Waals surface area contributed by atoms with Crippen LogP contribution in [0.1, 0.15) is 29.0 Å². The Balaban J connectivity index is 1.48. The van der Waals surface area contributed by atoms with Crippen LogP contribution in [0.4, 0.5) is 0 Å². The number of carbonyl (C=O) groups excluding carboxylic acids is 1. The maximum absolute atomic E-state index is 12.5. The number of rotatable bonds is 4. The maximum Gasteiger partial charge on any atom is 0.253 e. The number of furan rings is 1. The van der Waals surface area contributed by atoms with Gasteiger partial charge >= 0.3 is 0 Å². The fourth-order valence-electron chi connectivity index (χ4n) is 3.85. The van der Waals surface area contributed by atoms with Crippen molar-refractivity contribution in [3.05, 3.63) is 48.2 Å². The van der Waals surface area contributed by atoms with Gasteiger partial charge in [0.25, 0.3) is 5.91 Å². The summed E-state index contributed by atoms with van der Waals surface area (Å²) in [5.41, 5.74) is 0.519. The molecule has 1 amide bonds. The lowest BCUT2D eigenvalue weighted by Crippen LogP contribution is -2.60. The summed E-state index contributed by atoms with van der Waals surface area (Å²) in [6.07, 6.45) is 6.98. The lowest BCUT2D eigenvalue weighted by atomic mass is 9.85. The number of fused-ring (bicyclic) bond motifs is 1. The zero-order valence-corrected chi connectivity index (χ0v) is 14.0. The number of nitrogens with one attached hydrogen (secondary N) is 1. The van der Waals surface area contributed by atoms with Gasteiger partial charge in [-0.25, -0.2) is 0 Å². The van der Waals surface area contributed by atoms with E-state index in [0.29, 0.717) is 11.5 Å². The van der Waals surface area contributed by atoms with Crippen LogP contribution in [0.15, 0.2) is 41.3 Å². The molecule has 0 aromatic carbocycles. The van der Waals surface area contributed by atoms with Crippen molar-refractivity contribution in [1.29, 1.82) is 0 Å². The number of hydrogen-bond donors (Lipinski definition) is 1. The standard InChI is InChI=1S/C18H22N4O3/c23-18(13-5-6-19-20-9-13)21-16-12-22(11-15-4-2-7-24-15)10-14-3-1-8-25-17(14)16/h2,4-7,9,14,16-17H,1,3,8,10-12H2,(H,21,23)/t14-,16+,17-/m0/s1. The molecule has 25 heavy (non-hydrogen) atoms. The number of ether oxygens (including phenoxy) is 1. The molecule has 132 valence electrons. The number of likely N-dealkylation sites (tertiary alicyclic amines) is 1. The highest BCUT2D eigenvalue weighted by molar-refractivity contribution is 5.94. The molecule has 2 aliphatic heterocycles. The molecular formula is C18H22N4O3. The minimum atomic E-state index is -0.132. The quantitative estimate of drug-likeness (QED) is 0.906. The van der Waals surface area contributed by atoms with Crippen LogP contribution in [-0.4, -0.2) is 52.8 Å². The van der Waals surface area contributed by atoms with Crippen LogP contribution in [0.25, 0.3) is 0 Å². The molecule has 2 saturated heterocycles. The number of hydrogen-bond acceptors (Lipinski definition) is 6. The minimum absolute atomic E-state index is 0.0466. The number of nitrogens with zero attached hydrogens (tertiary/aromatic N) is 3. The van der Waals surface area contributed by atoms with Gasteiger partial charge in [-0.15, -0.1) is 0 Å². The predicted octanol–water partition coefficient (Wildman–Crippen LogP) is 1.48. The third kappa shape index (κ3) is 3.72. The number of amides is 1. The Morgan fingerprint density at radius 3 is 3.08 bits per heavy atom. The van der Waals surface area contributed by atoms with E-state index in [1.165, 1.54) is 12.4 Å². The minimum Gasteiger partial charge on any atom is -0.468 e. The highest BCUT2D eigenvalue weighted by Crippen LogP contribution is 2.29. The van der Waals surface area contributed by atoms with E-state index in [1.54, 1.807) is 12.3 Å². The van der Waals surface area contributed by atoms with Crippen LogP contribution in [0.2, 0.25) is 0 Å². The average Bonchev–Trinajstić information content (AvgIpc) is 3.15. The van der Waals surface area contributed by atoms with Gasteiger partial charge in [-0.05, 0) is 37.0 Å². The first-order valence-corrected chi connectivity index (χ1v) is 8.73. The van der Waals surface area contributed by atoms with Crippen LogP contribution in [0.5, 0.6) is 0 Å². The van der Waals surface area contributed by atoms with E-state index in [1.807, 2.05) is 12.1 Å². The molecule has 0 aliphatic carbocycles. The number of piperidine rings is 1. The molecule has 0 unspecified atom stereocenters. The van der Waals surface area contributed by atoms with Gasteiger partial charge in [0.1, 0.15) is 5.76 Å². The zero-order valence-electron chi connectivity index (χ0n) is 14.0. The Kier molecular flexibility index (Phi) is 4.76. The predicted molar refractivity (Wildman–Crippen MR) is 89.7 cm³/mol. The first-order chi connectivity index (χ1) is 12.3. The summed E-state index contributed by atoms with van der Waals surface area (Å²) in [4.78, 5) is 14.9. The van der Waals surface area contributed by atoms with Gasteiger partial charge < -0.3 is 14.5 Å². The molecule has 7 heteroatoms. The van der Waals surface area contributed by atoms with Gasteiger partial charge in [-0.2, -0.15) is 10.2 Å². The fraction of sp³-hybridized carbons (Fsp3) is 0.500. The topological polar surface area (TPSA) is 80.5 Å². The molecule has 0 bridgehead atoms. The second kappa shape index (κ2) is 7.33. The smallest absolute Gasteiger partial charge is 0.253 e. The Morgan fingerprint density at radius 1 is 1.32 bits per heavy atom. The van der Waals surface area contributed by atoms with Crippen LogP contribution in [0, 0.1) is 5.92 Å². The molecule has 2 aromatic heterocycles. The summed E-state index contributed by atoms with van der Waals surface area (Å²) in [6, 6.07) is 5.52. The highest BCUT2D eigenvalue weighted by Gasteiger charge is 2.40. The van der Waals surface area contributed by atoms with E-state index in [4.69, 9.17) is 9.15 Å². The second-order valence-corrected chi connectivity index (χ2v) is 6.72. The van der Waals surface area contributed by atoms with Crippen LogP contribution in [0.3, 0.4) is 0 Å². The normalized spacial score (nSPS) is 26.8. The Labute approximate surface area is 146 Å². The van der Waals surface area contributed by atoms with Crippen molar-refractivity contribution in [1.82, 2.24) is 20.4 Å². The van der Waals surface area contributed by atoms with E-state index in [-0.39, 0.29) is 18.1 Å². The summed E-state index contributed by atoms with van der Waals surface area (Å²) in [5, 5.41) is 10.6. The zero-order chi connectivity index (χ0) is 17.1. The summed E-state index contributed by atoms with van der Waals surface area (Å²) >= 11 is 0. The van der Waals surface area contributed by atoms with E-state index in [2.05, 4.69) is 20.4 Å². The van der Waals surface area contributed by atoms with Gasteiger partial charge in [0.2, 0.25) is 0 Å². The molecule has 2 aliphatic rings. The van der Waals surface area contributed by atoms with E-state index in [0.717, 1.165) is 44.8 Å². The first kappa shape index (κ1) is 16.2. The van der Waals surface area contributed by atoms with Gasteiger partial charge in [0, 0.05) is 19.7 Å². The van der Waals surface area contributed by atoms with Crippen molar-refractivity contribution >= 4 is 5.91 Å². The Bertz CT molecular complexity index is 692. The molecule has 2 aromatic rings. The average molecular weight is 342 g/mol. The van der Waals surface area contributed by atoms with Crippen molar-refractivity contribution < 1.29 is 13.9 Å². The maximum atomic E-state index is 12.5. The number of carbonyl (C=O) groups is 1. The summed E-state index contributed by atoms with van der Waals surface area (Å²) < 4.78 is 11.5. The molecular weight excluding hydrogens is 320 g/mol. The molecule has 7 nitrogen and oxygen atoms in total. The molecule has 3 atom stereocenters. The molecule has 0 saturated carbocycles. The van der Waals surface area contributed by atoms with Crippen LogP contribution in [-0.2, 0) is 11.3 Å². The summed E-state index contributed by atoms with van der Waals surface area (Å²) in [5.74, 6) is 1.24. The Morgan fingerprint density at radius 2 is 2.28 bits per heavy atom. The molecule has 1 N–H and O–H groups in total. The number of aromatic nitrogens is 2. The molecule has 4 rings (SSSR count). The summed E-state index contributed by atoms with van der Waals surface area (Å²) in [7, 11) is 0. The van der Waals surface area contributed by atoms with Crippen molar-refractivity contribution in [2.24, 2.45) is 5.92 Å². The van der Waals surface area contributed by atoms with Crippen molar-refractivity contribution in [2.75, 3.05) is 19.7 Å². The van der Waals surface area contributed by atoms with Crippen LogP contribution < -0.4 is 5.32 Å². The molecule has 0 radical (unpaired) electrons. The highest BCUT2D eigenvalue weighted by atomic mass is 16.5. The van der Waals surface area contributed by atoms with Crippen molar-refractivity contribution in [3.63, 3.8) is 0 Å². The van der Waals surface area contributed by atoms with Gasteiger partial charge in [-0.3, -0.25) is 9.69 Å². The first-order valence-electron chi connectivity index (χ1n) is 8.73. The van der Waals surface area contributed by atoms with E-state index in [9.17, 15) is 4.79 Å². The second-order valence-electron chi connectivity index (χ2n) is 6.72. The van der Waals surface area contributed by atoms with E-state index >= 15 is 0 Å². The van der Waals surface area contributed by atoms with Crippen molar-refractivity contribution in [3.8, 4) is 0 Å². The Hall–Kier alpha value is -2.25.